The quantitative estimate of drug-likeness (QED) is 0.283. The molecule has 0 spiro atoms. The van der Waals surface area contributed by atoms with Crippen molar-refractivity contribution in [3.63, 3.8) is 0 Å². The van der Waals surface area contributed by atoms with E-state index in [1.165, 1.54) is 0 Å². The van der Waals surface area contributed by atoms with Gasteiger partial charge >= 0.3 is 67.3 Å². The second-order valence-electron chi connectivity index (χ2n) is 0.434. The van der Waals surface area contributed by atoms with E-state index in [1.807, 2.05) is 0 Å². The van der Waals surface area contributed by atoms with Crippen LogP contribution in [-0.2, 0) is 20.2 Å². The van der Waals surface area contributed by atoms with E-state index >= 15 is 0 Å². The van der Waals surface area contributed by atoms with Gasteiger partial charge in [-0.1, -0.05) is 0 Å². The van der Waals surface area contributed by atoms with E-state index in [9.17, 15) is 8.42 Å². The first-order chi connectivity index (χ1) is 2.64. The summed E-state index contributed by atoms with van der Waals surface area (Å²) in [5, 5.41) is 0. The fourth-order valence-electron chi connectivity index (χ4n) is 0. The first-order valence-corrected chi connectivity index (χ1v) is 3.60. The Hall–Kier alpha value is 2.48. The van der Waals surface area contributed by atoms with E-state index in [4.69, 9.17) is 9.11 Å². The van der Waals surface area contributed by atoms with E-state index in [-0.39, 0.29) is 67.3 Å². The molecule has 0 aromatic carbocycles. The Bertz CT molecular complexity index is 80.0. The normalized spacial score (nSPS) is 14.8. The monoisotopic (exact) mass is 196 g/mol. The molecule has 8 heteroatoms. The average molecular weight is 196 g/mol. The van der Waals surface area contributed by atoms with Gasteiger partial charge in [-0.3, -0.25) is 9.11 Å². The number of hydrogen-bond acceptors (Lipinski definition) is 2. The molecule has 44 valence electrons. The zero-order chi connectivity index (χ0) is 5.15. The van der Waals surface area contributed by atoms with Gasteiger partial charge in [0.25, 0.3) is 20.2 Å². The molecule has 0 saturated heterocycles. The Kier molecular flexibility index (Phi) is 19.9. The molecule has 2 N–H and O–H groups in total. The van der Waals surface area contributed by atoms with Crippen LogP contribution in [0.5, 0.6) is 0 Å². The molecule has 0 amide bonds. The standard InChI is InChI=1S/Ca.Na.H2O4S2.3H/c;;1-5(2)6(3)4;;;/h;;(H,1,2)(H,3,4);;;. The summed E-state index contributed by atoms with van der Waals surface area (Å²) < 4.78 is 33.6. The molecule has 2 atom stereocenters. The molecule has 0 heterocycles. The van der Waals surface area contributed by atoms with Crippen LogP contribution in [-0.4, -0.2) is 84.8 Å². The Labute approximate surface area is 103 Å². The molecule has 0 saturated carbocycles. The molecule has 4 nitrogen and oxygen atoms in total. The van der Waals surface area contributed by atoms with Crippen LogP contribution in [0.3, 0.4) is 0 Å². The van der Waals surface area contributed by atoms with Gasteiger partial charge < -0.3 is 0 Å². The van der Waals surface area contributed by atoms with E-state index < -0.39 is 20.2 Å². The summed E-state index contributed by atoms with van der Waals surface area (Å²) in [6.07, 6.45) is 0. The summed E-state index contributed by atoms with van der Waals surface area (Å²) in [5.41, 5.74) is 0. The predicted octanol–water partition coefficient (Wildman–Crippen LogP) is -2.22. The van der Waals surface area contributed by atoms with Crippen molar-refractivity contribution in [3.8, 4) is 0 Å². The molecule has 2 unspecified atom stereocenters. The zero-order valence-corrected chi connectivity index (χ0v) is 4.16. The predicted molar refractivity (Wildman–Crippen MR) is 37.2 cm³/mol. The third kappa shape index (κ3) is 11.3. The maximum absolute atomic E-state index is 9.26. The van der Waals surface area contributed by atoms with Gasteiger partial charge in [-0.15, -0.1) is 0 Å². The summed E-state index contributed by atoms with van der Waals surface area (Å²) in [5.74, 6) is 0. The van der Waals surface area contributed by atoms with Crippen molar-refractivity contribution in [2.75, 3.05) is 0 Å². The molecule has 0 bridgehead atoms. The van der Waals surface area contributed by atoms with Crippen molar-refractivity contribution in [2.24, 2.45) is 0 Å². The van der Waals surface area contributed by atoms with Gasteiger partial charge in [0.05, 0.1) is 0 Å². The van der Waals surface area contributed by atoms with Crippen LogP contribution >= 0.6 is 0 Å². The molecule has 0 aliphatic carbocycles. The van der Waals surface area contributed by atoms with Gasteiger partial charge in [0.15, 0.2) is 0 Å². The van der Waals surface area contributed by atoms with E-state index in [1.54, 1.807) is 0 Å². The molecule has 0 rings (SSSR count). The molecular formula is H5CaNaO4S2. The minimum atomic E-state index is -2.59. The summed E-state index contributed by atoms with van der Waals surface area (Å²) in [4.78, 5) is 0. The Balaban J connectivity index is -0.000000125. The van der Waals surface area contributed by atoms with Gasteiger partial charge in [0.2, 0.25) is 0 Å². The van der Waals surface area contributed by atoms with Crippen molar-refractivity contribution in [2.45, 2.75) is 0 Å². The fraction of sp³-hybridized carbons (Fsp3) is 0. The Morgan fingerprint density at radius 2 is 1.12 bits per heavy atom. The Morgan fingerprint density at radius 1 is 1.00 bits per heavy atom. The second kappa shape index (κ2) is 9.48. The van der Waals surface area contributed by atoms with Crippen molar-refractivity contribution in [1.29, 1.82) is 0 Å². The topological polar surface area (TPSA) is 74.6 Å². The van der Waals surface area contributed by atoms with Crippen molar-refractivity contribution >= 4 is 87.5 Å². The van der Waals surface area contributed by atoms with Crippen LogP contribution in [0.1, 0.15) is 0 Å². The summed E-state index contributed by atoms with van der Waals surface area (Å²) >= 11 is 0. The Morgan fingerprint density at radius 3 is 1.12 bits per heavy atom. The van der Waals surface area contributed by atoms with Gasteiger partial charge in [-0.2, -0.15) is 0 Å². The summed E-state index contributed by atoms with van der Waals surface area (Å²) in [6, 6.07) is 0. The van der Waals surface area contributed by atoms with Crippen LogP contribution in [0.25, 0.3) is 0 Å². The molecule has 0 aliphatic heterocycles. The third-order valence-corrected chi connectivity index (χ3v) is 1.10. The molecule has 0 fully saturated rings. The van der Waals surface area contributed by atoms with Crippen molar-refractivity contribution < 1.29 is 17.5 Å². The van der Waals surface area contributed by atoms with Crippen LogP contribution in [0.2, 0.25) is 0 Å². The molecular weight excluding hydrogens is 191 g/mol. The molecule has 0 aromatic rings. The summed E-state index contributed by atoms with van der Waals surface area (Å²) in [7, 11) is -5.18. The molecule has 0 aromatic heterocycles. The first-order valence-electron chi connectivity index (χ1n) is 0.865. The zero-order valence-electron chi connectivity index (χ0n) is 2.53. The number of hydrogen-bond donors (Lipinski definition) is 2. The SMILES string of the molecule is O=S(O)S(=O)O.[CaH2].[NaH]. The van der Waals surface area contributed by atoms with Gasteiger partial charge in [0.1, 0.15) is 0 Å². The fourth-order valence-corrected chi connectivity index (χ4v) is 0. The van der Waals surface area contributed by atoms with Crippen LogP contribution < -0.4 is 0 Å². The number of rotatable bonds is 1. The van der Waals surface area contributed by atoms with Crippen molar-refractivity contribution in [1.82, 2.24) is 0 Å². The molecule has 0 aliphatic rings. The average Bonchev–Trinajstić information content (AvgIpc) is 1.36. The van der Waals surface area contributed by atoms with Crippen LogP contribution in [0.15, 0.2) is 0 Å². The molecule has 8 heavy (non-hydrogen) atoms. The summed E-state index contributed by atoms with van der Waals surface area (Å²) in [6.45, 7) is 0. The van der Waals surface area contributed by atoms with E-state index in [0.717, 1.165) is 0 Å². The van der Waals surface area contributed by atoms with Gasteiger partial charge in [-0.25, -0.2) is 8.42 Å². The molecule has 0 radical (unpaired) electrons. The first kappa shape index (κ1) is 16.8. The van der Waals surface area contributed by atoms with Gasteiger partial charge in [0, 0.05) is 0 Å². The van der Waals surface area contributed by atoms with Crippen molar-refractivity contribution in [3.05, 3.63) is 0 Å². The maximum atomic E-state index is 9.26. The second-order valence-corrected chi connectivity index (χ2v) is 3.01. The van der Waals surface area contributed by atoms with E-state index in [0.29, 0.717) is 0 Å². The third-order valence-electron chi connectivity index (χ3n) is 0.122. The van der Waals surface area contributed by atoms with Crippen LogP contribution in [0.4, 0.5) is 0 Å². The van der Waals surface area contributed by atoms with Gasteiger partial charge in [-0.05, 0) is 0 Å². The van der Waals surface area contributed by atoms with Crippen LogP contribution in [0, 0.1) is 0 Å². The van der Waals surface area contributed by atoms with E-state index in [2.05, 4.69) is 0 Å². The minimum absolute atomic E-state index is 0.